The van der Waals surface area contributed by atoms with E-state index in [1.807, 2.05) is 0 Å². The highest BCUT2D eigenvalue weighted by atomic mass is 15.2. The Kier molecular flexibility index (Phi) is 3.46. The normalized spacial score (nSPS) is 46.4. The highest BCUT2D eigenvalue weighted by Crippen LogP contribution is 2.64. The quantitative estimate of drug-likeness (QED) is 0.823. The third-order valence-corrected chi connectivity index (χ3v) is 6.56. The summed E-state index contributed by atoms with van der Waals surface area (Å²) in [4.78, 5) is 2.87. The molecule has 1 heterocycles. The number of nitrogens with one attached hydrogen (secondary N) is 1. The fraction of sp³-hybridized carbons (Fsp3) is 1.00. The van der Waals surface area contributed by atoms with Crippen LogP contribution in [0, 0.1) is 16.7 Å². The van der Waals surface area contributed by atoms with Gasteiger partial charge in [-0.2, -0.15) is 0 Å². The summed E-state index contributed by atoms with van der Waals surface area (Å²) in [5, 5.41) is 3.73. The number of hydrogen-bond donors (Lipinski definition) is 1. The van der Waals surface area contributed by atoms with Gasteiger partial charge >= 0.3 is 0 Å². The van der Waals surface area contributed by atoms with E-state index in [4.69, 9.17) is 0 Å². The Balaban J connectivity index is 1.83. The topological polar surface area (TPSA) is 15.3 Å². The second-order valence-electron chi connectivity index (χ2n) is 8.23. The Morgan fingerprint density at radius 1 is 1.26 bits per heavy atom. The summed E-state index contributed by atoms with van der Waals surface area (Å²) in [5.41, 5.74) is 1.12. The number of rotatable bonds is 2. The van der Waals surface area contributed by atoms with Gasteiger partial charge in [0.2, 0.25) is 0 Å². The molecule has 2 heteroatoms. The van der Waals surface area contributed by atoms with Crippen LogP contribution in [0.5, 0.6) is 0 Å². The van der Waals surface area contributed by atoms with Crippen molar-refractivity contribution in [2.75, 3.05) is 19.6 Å². The third kappa shape index (κ3) is 2.15. The van der Waals surface area contributed by atoms with Crippen LogP contribution in [-0.4, -0.2) is 36.6 Å². The SMILES string of the molecule is CCC1CN(C2C3(C)CCC(C3)C2(C)C)CCCN1. The standard InChI is InChI=1S/C17H32N2/c1-5-14-12-19(10-6-9-18-14)15-16(2,3)13-7-8-17(15,4)11-13/h13-15,18H,5-12H2,1-4H3. The lowest BCUT2D eigenvalue weighted by atomic mass is 9.67. The fourth-order valence-corrected chi connectivity index (χ4v) is 5.72. The molecule has 1 saturated heterocycles. The number of fused-ring (bicyclic) bond motifs is 2. The summed E-state index contributed by atoms with van der Waals surface area (Å²) in [6, 6.07) is 1.52. The van der Waals surface area contributed by atoms with Gasteiger partial charge in [-0.1, -0.05) is 27.7 Å². The first-order chi connectivity index (χ1) is 8.97. The van der Waals surface area contributed by atoms with Crippen molar-refractivity contribution < 1.29 is 0 Å². The van der Waals surface area contributed by atoms with Crippen LogP contribution in [0.15, 0.2) is 0 Å². The fourth-order valence-electron chi connectivity index (χ4n) is 5.72. The van der Waals surface area contributed by atoms with E-state index in [1.54, 1.807) is 0 Å². The highest BCUT2D eigenvalue weighted by molar-refractivity contribution is 5.13. The van der Waals surface area contributed by atoms with Crippen LogP contribution >= 0.6 is 0 Å². The Morgan fingerprint density at radius 3 is 2.68 bits per heavy atom. The molecule has 1 aliphatic heterocycles. The van der Waals surface area contributed by atoms with Gasteiger partial charge in [0.05, 0.1) is 0 Å². The predicted octanol–water partition coefficient (Wildman–Crippen LogP) is 3.28. The summed E-state index contributed by atoms with van der Waals surface area (Å²) < 4.78 is 0. The van der Waals surface area contributed by atoms with Crippen molar-refractivity contribution in [1.29, 1.82) is 0 Å². The van der Waals surface area contributed by atoms with Crippen LogP contribution in [0.2, 0.25) is 0 Å². The average Bonchev–Trinajstić information content (AvgIpc) is 2.71. The molecule has 3 aliphatic rings. The smallest absolute Gasteiger partial charge is 0.0204 e. The van der Waals surface area contributed by atoms with E-state index >= 15 is 0 Å². The van der Waals surface area contributed by atoms with Crippen LogP contribution in [0.1, 0.15) is 59.8 Å². The lowest BCUT2D eigenvalue weighted by Crippen LogP contribution is -2.54. The molecule has 1 N–H and O–H groups in total. The molecule has 110 valence electrons. The summed E-state index contributed by atoms with van der Waals surface area (Å²) in [7, 11) is 0. The second kappa shape index (κ2) is 4.73. The van der Waals surface area contributed by atoms with E-state index in [2.05, 4.69) is 37.9 Å². The van der Waals surface area contributed by atoms with Crippen LogP contribution in [0.25, 0.3) is 0 Å². The lowest BCUT2D eigenvalue weighted by molar-refractivity contribution is 0.00275. The van der Waals surface area contributed by atoms with Gasteiger partial charge in [0.25, 0.3) is 0 Å². The third-order valence-electron chi connectivity index (χ3n) is 6.56. The molecule has 0 aromatic rings. The predicted molar refractivity (Wildman–Crippen MR) is 81.3 cm³/mol. The number of hydrogen-bond acceptors (Lipinski definition) is 2. The largest absolute Gasteiger partial charge is 0.313 e. The van der Waals surface area contributed by atoms with Gasteiger partial charge < -0.3 is 5.32 Å². The Morgan fingerprint density at radius 2 is 2.05 bits per heavy atom. The van der Waals surface area contributed by atoms with Crippen molar-refractivity contribution in [3.8, 4) is 0 Å². The van der Waals surface area contributed by atoms with Gasteiger partial charge in [-0.3, -0.25) is 4.90 Å². The Bertz CT molecular complexity index is 333. The van der Waals surface area contributed by atoms with E-state index in [0.29, 0.717) is 16.9 Å². The van der Waals surface area contributed by atoms with Gasteiger partial charge in [-0.15, -0.1) is 0 Å². The molecule has 2 aliphatic carbocycles. The summed E-state index contributed by atoms with van der Waals surface area (Å²) in [6.45, 7) is 13.8. The second-order valence-corrected chi connectivity index (χ2v) is 8.23. The molecular weight excluding hydrogens is 232 g/mol. The van der Waals surface area contributed by atoms with Crippen molar-refractivity contribution >= 4 is 0 Å². The minimum Gasteiger partial charge on any atom is -0.313 e. The maximum atomic E-state index is 3.73. The summed E-state index contributed by atoms with van der Waals surface area (Å²) >= 11 is 0. The molecule has 3 fully saturated rings. The summed E-state index contributed by atoms with van der Waals surface area (Å²) in [5.74, 6) is 0.971. The van der Waals surface area contributed by atoms with Gasteiger partial charge in [-0.05, 0) is 61.9 Å². The zero-order chi connectivity index (χ0) is 13.7. The minimum atomic E-state index is 0.523. The molecule has 0 radical (unpaired) electrons. The van der Waals surface area contributed by atoms with E-state index in [1.165, 1.54) is 51.7 Å². The van der Waals surface area contributed by atoms with E-state index in [0.717, 1.165) is 12.0 Å². The van der Waals surface area contributed by atoms with Crippen molar-refractivity contribution in [2.45, 2.75) is 71.9 Å². The van der Waals surface area contributed by atoms with Crippen LogP contribution in [0.3, 0.4) is 0 Å². The van der Waals surface area contributed by atoms with E-state index < -0.39 is 0 Å². The van der Waals surface area contributed by atoms with Crippen molar-refractivity contribution in [1.82, 2.24) is 10.2 Å². The number of nitrogens with zero attached hydrogens (tertiary/aromatic N) is 1. The van der Waals surface area contributed by atoms with Crippen molar-refractivity contribution in [3.63, 3.8) is 0 Å². The molecule has 0 aromatic carbocycles. The Hall–Kier alpha value is -0.0800. The molecule has 2 saturated carbocycles. The van der Waals surface area contributed by atoms with Gasteiger partial charge in [0.1, 0.15) is 0 Å². The molecule has 19 heavy (non-hydrogen) atoms. The lowest BCUT2D eigenvalue weighted by Gasteiger charge is -2.49. The first kappa shape index (κ1) is 13.9. The zero-order valence-corrected chi connectivity index (χ0v) is 13.3. The van der Waals surface area contributed by atoms with Crippen LogP contribution in [0.4, 0.5) is 0 Å². The van der Waals surface area contributed by atoms with Crippen LogP contribution in [-0.2, 0) is 0 Å². The van der Waals surface area contributed by atoms with Gasteiger partial charge in [0.15, 0.2) is 0 Å². The maximum Gasteiger partial charge on any atom is 0.0204 e. The minimum absolute atomic E-state index is 0.523. The Labute approximate surface area is 119 Å². The van der Waals surface area contributed by atoms with E-state index in [9.17, 15) is 0 Å². The molecule has 4 atom stereocenters. The van der Waals surface area contributed by atoms with E-state index in [-0.39, 0.29) is 0 Å². The zero-order valence-electron chi connectivity index (χ0n) is 13.3. The van der Waals surface area contributed by atoms with Gasteiger partial charge in [-0.25, -0.2) is 0 Å². The first-order valence-electron chi connectivity index (χ1n) is 8.45. The van der Waals surface area contributed by atoms with Crippen LogP contribution < -0.4 is 5.32 Å². The monoisotopic (exact) mass is 264 g/mol. The molecule has 0 amide bonds. The average molecular weight is 264 g/mol. The van der Waals surface area contributed by atoms with Crippen molar-refractivity contribution in [3.05, 3.63) is 0 Å². The highest BCUT2D eigenvalue weighted by Gasteiger charge is 2.60. The van der Waals surface area contributed by atoms with Crippen molar-refractivity contribution in [2.24, 2.45) is 16.7 Å². The molecular formula is C17H32N2. The molecule has 0 aromatic heterocycles. The first-order valence-corrected chi connectivity index (χ1v) is 8.45. The maximum absolute atomic E-state index is 3.73. The molecule has 2 bridgehead atoms. The molecule has 3 rings (SSSR count). The molecule has 4 unspecified atom stereocenters. The molecule has 0 spiro atoms. The molecule has 2 nitrogen and oxygen atoms in total. The van der Waals surface area contributed by atoms with Gasteiger partial charge in [0, 0.05) is 18.6 Å². The summed E-state index contributed by atoms with van der Waals surface area (Å²) in [6.07, 6.45) is 7.01.